The normalized spacial score (nSPS) is 18.0. The van der Waals surface area contributed by atoms with Crippen LogP contribution in [0.5, 0.6) is 0 Å². The molecular weight excluding hydrogens is 262 g/mol. The third-order valence-corrected chi connectivity index (χ3v) is 4.66. The highest BCUT2D eigenvalue weighted by molar-refractivity contribution is 7.11. The number of nitrogens with zero attached hydrogens (tertiary/aromatic N) is 1. The van der Waals surface area contributed by atoms with Crippen LogP contribution in [0.25, 0.3) is 0 Å². The van der Waals surface area contributed by atoms with Crippen molar-refractivity contribution in [3.05, 3.63) is 5.56 Å². The number of esters is 1. The van der Waals surface area contributed by atoms with Gasteiger partial charge in [0.2, 0.25) is 0 Å². The number of methoxy groups -OCH3 is 1. The van der Waals surface area contributed by atoms with Crippen LogP contribution in [0.1, 0.15) is 49.4 Å². The van der Waals surface area contributed by atoms with Crippen LogP contribution in [0.2, 0.25) is 0 Å². The van der Waals surface area contributed by atoms with Crippen LogP contribution < -0.4 is 11.1 Å². The van der Waals surface area contributed by atoms with Gasteiger partial charge in [0.25, 0.3) is 0 Å². The van der Waals surface area contributed by atoms with E-state index in [1.54, 1.807) is 0 Å². The van der Waals surface area contributed by atoms with Gasteiger partial charge in [-0.2, -0.15) is 4.37 Å². The van der Waals surface area contributed by atoms with Gasteiger partial charge >= 0.3 is 5.97 Å². The third-order valence-electron chi connectivity index (χ3n) is 3.84. The molecule has 0 saturated heterocycles. The molecule has 3 N–H and O–H groups in total. The summed E-state index contributed by atoms with van der Waals surface area (Å²) >= 11 is 1.22. The number of ether oxygens (including phenoxy) is 1. The third kappa shape index (κ3) is 3.18. The molecule has 0 unspecified atom stereocenters. The van der Waals surface area contributed by atoms with Crippen molar-refractivity contribution < 1.29 is 9.53 Å². The first-order chi connectivity index (χ1) is 9.06. The van der Waals surface area contributed by atoms with Crippen LogP contribution in [0.15, 0.2) is 0 Å². The molecule has 1 aromatic heterocycles. The Hall–Kier alpha value is -1.30. The second kappa shape index (κ2) is 5.77. The quantitative estimate of drug-likeness (QED) is 0.831. The van der Waals surface area contributed by atoms with Crippen molar-refractivity contribution in [2.45, 2.75) is 39.0 Å². The lowest BCUT2D eigenvalue weighted by Crippen LogP contribution is -2.29. The van der Waals surface area contributed by atoms with Crippen molar-refractivity contribution in [1.29, 1.82) is 0 Å². The Morgan fingerprint density at radius 2 is 2.16 bits per heavy atom. The van der Waals surface area contributed by atoms with Gasteiger partial charge in [-0.05, 0) is 29.8 Å². The number of aromatic nitrogens is 1. The van der Waals surface area contributed by atoms with Crippen molar-refractivity contribution in [3.8, 4) is 0 Å². The summed E-state index contributed by atoms with van der Waals surface area (Å²) in [5, 5.41) is 4.05. The number of hydrogen-bond acceptors (Lipinski definition) is 6. The van der Waals surface area contributed by atoms with Crippen LogP contribution in [-0.2, 0) is 4.74 Å². The van der Waals surface area contributed by atoms with Gasteiger partial charge in [-0.3, -0.25) is 0 Å². The van der Waals surface area contributed by atoms with Crippen LogP contribution in [0.3, 0.4) is 0 Å². The maximum absolute atomic E-state index is 11.7. The van der Waals surface area contributed by atoms with Crippen LogP contribution in [0.4, 0.5) is 10.8 Å². The van der Waals surface area contributed by atoms with Gasteiger partial charge < -0.3 is 15.8 Å². The molecule has 1 aliphatic carbocycles. The molecule has 0 aliphatic heterocycles. The molecule has 1 heterocycles. The van der Waals surface area contributed by atoms with E-state index in [-0.39, 0.29) is 5.82 Å². The minimum absolute atomic E-state index is 0.244. The van der Waals surface area contributed by atoms with Crippen LogP contribution >= 0.6 is 11.5 Å². The van der Waals surface area contributed by atoms with Crippen LogP contribution in [-0.4, -0.2) is 24.0 Å². The Balaban J connectivity index is 2.05. The van der Waals surface area contributed by atoms with E-state index < -0.39 is 5.97 Å². The van der Waals surface area contributed by atoms with E-state index in [1.807, 2.05) is 0 Å². The van der Waals surface area contributed by atoms with E-state index in [0.29, 0.717) is 11.0 Å². The first kappa shape index (κ1) is 14.1. The van der Waals surface area contributed by atoms with E-state index >= 15 is 0 Å². The van der Waals surface area contributed by atoms with Crippen molar-refractivity contribution in [2.75, 3.05) is 24.7 Å². The molecule has 5 nitrogen and oxygen atoms in total. The second-order valence-electron chi connectivity index (χ2n) is 5.49. The minimum Gasteiger partial charge on any atom is -0.465 e. The zero-order valence-corrected chi connectivity index (χ0v) is 12.3. The summed E-state index contributed by atoms with van der Waals surface area (Å²) in [6.07, 6.45) is 6.35. The van der Waals surface area contributed by atoms with E-state index in [9.17, 15) is 4.79 Å². The number of anilines is 2. The molecule has 1 fully saturated rings. The average molecular weight is 283 g/mol. The van der Waals surface area contributed by atoms with E-state index in [0.717, 1.165) is 11.5 Å². The Morgan fingerprint density at radius 1 is 1.47 bits per heavy atom. The molecule has 1 aromatic rings. The molecule has 1 aliphatic rings. The predicted octanol–water partition coefficient (Wildman–Crippen LogP) is 2.89. The zero-order chi connectivity index (χ0) is 13.9. The fourth-order valence-corrected chi connectivity index (χ4v) is 3.30. The van der Waals surface area contributed by atoms with E-state index in [4.69, 9.17) is 10.5 Å². The molecular formula is C13H21N3O2S. The molecule has 106 valence electrons. The first-order valence-electron chi connectivity index (χ1n) is 6.63. The number of rotatable bonds is 4. The van der Waals surface area contributed by atoms with Gasteiger partial charge in [0.15, 0.2) is 5.82 Å². The lowest BCUT2D eigenvalue weighted by Gasteiger charge is -2.33. The fraction of sp³-hybridized carbons (Fsp3) is 0.692. The van der Waals surface area contributed by atoms with Crippen molar-refractivity contribution >= 4 is 28.3 Å². The SMILES string of the molecule is COC(=O)c1c(N)nsc1NCC1(C)CCCCC1. The summed E-state index contributed by atoms with van der Waals surface area (Å²) in [5.74, 6) is -0.185. The summed E-state index contributed by atoms with van der Waals surface area (Å²) < 4.78 is 8.77. The van der Waals surface area contributed by atoms with E-state index in [2.05, 4.69) is 16.6 Å². The number of nitrogens with two attached hydrogens (primary N) is 1. The van der Waals surface area contributed by atoms with Crippen molar-refractivity contribution in [2.24, 2.45) is 5.41 Å². The number of carbonyl (C=O) groups is 1. The van der Waals surface area contributed by atoms with E-state index in [1.165, 1.54) is 50.7 Å². The molecule has 1 saturated carbocycles. The highest BCUT2D eigenvalue weighted by Crippen LogP contribution is 2.37. The Labute approximate surface area is 117 Å². The summed E-state index contributed by atoms with van der Waals surface area (Å²) in [5.41, 5.74) is 6.38. The van der Waals surface area contributed by atoms with Crippen LogP contribution in [0, 0.1) is 5.41 Å². The lowest BCUT2D eigenvalue weighted by molar-refractivity contribution is 0.0603. The minimum atomic E-state index is -0.428. The maximum atomic E-state index is 11.7. The maximum Gasteiger partial charge on any atom is 0.344 e. The highest BCUT2D eigenvalue weighted by atomic mass is 32.1. The van der Waals surface area contributed by atoms with Crippen molar-refractivity contribution in [3.63, 3.8) is 0 Å². The zero-order valence-electron chi connectivity index (χ0n) is 11.5. The molecule has 0 bridgehead atoms. The summed E-state index contributed by atoms with van der Waals surface area (Å²) in [6, 6.07) is 0. The molecule has 0 aromatic carbocycles. The number of nitrogens with one attached hydrogen (secondary N) is 1. The molecule has 0 atom stereocenters. The average Bonchev–Trinajstić information content (AvgIpc) is 2.78. The smallest absolute Gasteiger partial charge is 0.344 e. The summed E-state index contributed by atoms with van der Waals surface area (Å²) in [6.45, 7) is 3.14. The fourth-order valence-electron chi connectivity index (χ4n) is 2.60. The van der Waals surface area contributed by atoms with Crippen molar-refractivity contribution in [1.82, 2.24) is 4.37 Å². The molecule has 6 heteroatoms. The predicted molar refractivity (Wildman–Crippen MR) is 77.5 cm³/mol. The first-order valence-corrected chi connectivity index (χ1v) is 7.40. The summed E-state index contributed by atoms with van der Waals surface area (Å²) in [7, 11) is 1.35. The van der Waals surface area contributed by atoms with Gasteiger partial charge in [0, 0.05) is 6.54 Å². The van der Waals surface area contributed by atoms with Gasteiger partial charge in [0.05, 0.1) is 7.11 Å². The number of nitrogen functional groups attached to an aromatic ring is 1. The Morgan fingerprint density at radius 3 is 2.79 bits per heavy atom. The highest BCUT2D eigenvalue weighted by Gasteiger charge is 2.28. The molecule has 0 spiro atoms. The second-order valence-corrected chi connectivity index (χ2v) is 6.26. The lowest BCUT2D eigenvalue weighted by atomic mass is 9.76. The van der Waals surface area contributed by atoms with Gasteiger partial charge in [-0.1, -0.05) is 26.2 Å². The topological polar surface area (TPSA) is 77.2 Å². The largest absolute Gasteiger partial charge is 0.465 e. The number of hydrogen-bond donors (Lipinski definition) is 2. The Kier molecular flexibility index (Phi) is 4.29. The summed E-state index contributed by atoms with van der Waals surface area (Å²) in [4.78, 5) is 11.7. The molecule has 0 amide bonds. The van der Waals surface area contributed by atoms with Gasteiger partial charge in [0.1, 0.15) is 10.6 Å². The molecule has 19 heavy (non-hydrogen) atoms. The monoisotopic (exact) mass is 283 g/mol. The standard InChI is InChI=1S/C13H21N3O2S/c1-13(6-4-3-5-7-13)8-15-11-9(12(17)18-2)10(14)16-19-11/h15H,3-8H2,1-2H3,(H2,14,16). The molecule has 2 rings (SSSR count). The van der Waals surface area contributed by atoms with Gasteiger partial charge in [-0.25, -0.2) is 4.79 Å². The molecule has 0 radical (unpaired) electrons. The Bertz CT molecular complexity index is 453. The number of carbonyl (C=O) groups excluding carboxylic acids is 1. The van der Waals surface area contributed by atoms with Gasteiger partial charge in [-0.15, -0.1) is 0 Å².